The van der Waals surface area contributed by atoms with Crippen LogP contribution in [-0.2, 0) is 4.74 Å². The predicted molar refractivity (Wildman–Crippen MR) is 43.0 cm³/mol. The smallest absolute Gasteiger partial charge is 0.206 e. The molecule has 0 spiro atoms. The molecular weight excluding hydrogens is 138 g/mol. The Balaban J connectivity index is 2.45. The van der Waals surface area contributed by atoms with Crippen LogP contribution in [0.15, 0.2) is 48.3 Å². The summed E-state index contributed by atoms with van der Waals surface area (Å²) in [7, 11) is 0. The van der Waals surface area contributed by atoms with E-state index in [1.807, 2.05) is 30.3 Å². The minimum atomic E-state index is 0.873. The van der Waals surface area contributed by atoms with Crippen LogP contribution in [0.4, 0.5) is 0 Å². The van der Waals surface area contributed by atoms with Gasteiger partial charge in [0.25, 0.3) is 0 Å². The number of ether oxygens (including phenoxy) is 1. The normalized spacial score (nSPS) is 20.8. The lowest BCUT2D eigenvalue weighted by Crippen LogP contribution is -2.11. The lowest BCUT2D eigenvalue weighted by atomic mass is 10.1. The highest BCUT2D eigenvalue weighted by molar-refractivity contribution is 5.42. The Morgan fingerprint density at radius 3 is 3.09 bits per heavy atom. The minimum Gasteiger partial charge on any atom is -0.446 e. The van der Waals surface area contributed by atoms with Crippen molar-refractivity contribution in [2.75, 3.05) is 0 Å². The summed E-state index contributed by atoms with van der Waals surface area (Å²) in [6.45, 7) is 5.88. The number of allylic oxidation sites excluding steroid dienone is 3. The van der Waals surface area contributed by atoms with Crippen LogP contribution < -0.4 is 0 Å². The maximum atomic E-state index is 5.25. The van der Waals surface area contributed by atoms with Gasteiger partial charge in [0.1, 0.15) is 6.26 Å². The minimum absolute atomic E-state index is 0.873. The second kappa shape index (κ2) is 2.02. The van der Waals surface area contributed by atoms with Gasteiger partial charge in [-0.3, -0.25) is 4.90 Å². The van der Waals surface area contributed by atoms with Gasteiger partial charge in [0.15, 0.2) is 0 Å². The third-order valence-electron chi connectivity index (χ3n) is 1.87. The van der Waals surface area contributed by atoms with Crippen molar-refractivity contribution in [2.45, 2.75) is 6.92 Å². The molecule has 2 heterocycles. The van der Waals surface area contributed by atoms with Crippen molar-refractivity contribution in [3.05, 3.63) is 48.3 Å². The van der Waals surface area contributed by atoms with E-state index in [1.54, 1.807) is 6.26 Å². The van der Waals surface area contributed by atoms with E-state index in [0.717, 1.165) is 17.0 Å². The summed E-state index contributed by atoms with van der Waals surface area (Å²) in [5.74, 6) is 0.873. The van der Waals surface area contributed by atoms with Crippen molar-refractivity contribution in [1.29, 1.82) is 0 Å². The maximum Gasteiger partial charge on any atom is 0.206 e. The molecule has 0 atom stereocenters. The van der Waals surface area contributed by atoms with Gasteiger partial charge in [0.2, 0.25) is 5.88 Å². The second-order valence-corrected chi connectivity index (χ2v) is 2.58. The monoisotopic (exact) mass is 147 g/mol. The lowest BCUT2D eigenvalue weighted by Gasteiger charge is -2.18. The summed E-state index contributed by atoms with van der Waals surface area (Å²) in [6, 6.07) is 0. The first-order valence-electron chi connectivity index (χ1n) is 3.49. The van der Waals surface area contributed by atoms with Crippen LogP contribution >= 0.6 is 0 Å². The van der Waals surface area contributed by atoms with Crippen molar-refractivity contribution in [1.82, 2.24) is 4.90 Å². The van der Waals surface area contributed by atoms with Gasteiger partial charge >= 0.3 is 0 Å². The molecule has 0 N–H and O–H groups in total. The first-order chi connectivity index (χ1) is 5.29. The van der Waals surface area contributed by atoms with Crippen LogP contribution in [0.5, 0.6) is 0 Å². The van der Waals surface area contributed by atoms with Gasteiger partial charge in [0.05, 0.1) is 0 Å². The third kappa shape index (κ3) is 0.792. The van der Waals surface area contributed by atoms with Crippen LogP contribution in [0.2, 0.25) is 0 Å². The van der Waals surface area contributed by atoms with Crippen molar-refractivity contribution in [2.24, 2.45) is 0 Å². The molecule has 0 bridgehead atoms. The summed E-state index contributed by atoms with van der Waals surface area (Å²) >= 11 is 0. The van der Waals surface area contributed by atoms with Gasteiger partial charge in [-0.15, -0.1) is 0 Å². The van der Waals surface area contributed by atoms with E-state index in [9.17, 15) is 0 Å². The topological polar surface area (TPSA) is 12.5 Å². The van der Waals surface area contributed by atoms with E-state index in [-0.39, 0.29) is 0 Å². The molecule has 0 amide bonds. The molecule has 2 heteroatoms. The molecule has 0 radical (unpaired) electrons. The molecule has 0 aromatic carbocycles. The predicted octanol–water partition coefficient (Wildman–Crippen LogP) is 2.10. The van der Waals surface area contributed by atoms with E-state index >= 15 is 0 Å². The highest BCUT2D eigenvalue weighted by atomic mass is 16.5. The molecule has 2 aliphatic heterocycles. The fourth-order valence-corrected chi connectivity index (χ4v) is 1.12. The zero-order valence-corrected chi connectivity index (χ0v) is 6.37. The van der Waals surface area contributed by atoms with Crippen LogP contribution in [0.3, 0.4) is 0 Å². The van der Waals surface area contributed by atoms with E-state index in [4.69, 9.17) is 4.74 Å². The molecule has 2 rings (SSSR count). The fraction of sp³-hybridized carbons (Fsp3) is 0.111. The number of hydrogen-bond donors (Lipinski definition) is 0. The van der Waals surface area contributed by atoms with Gasteiger partial charge in [-0.1, -0.05) is 6.58 Å². The van der Waals surface area contributed by atoms with Gasteiger partial charge < -0.3 is 4.74 Å². The van der Waals surface area contributed by atoms with Crippen molar-refractivity contribution < 1.29 is 4.74 Å². The standard InChI is InChI=1S/C9H9NO/c1-7-3-4-10-5-6-11-9(10)8(7)2/h3-6H,1H2,2H3. The molecule has 0 aromatic rings. The molecule has 0 saturated carbocycles. The van der Waals surface area contributed by atoms with E-state index < -0.39 is 0 Å². The molecule has 56 valence electrons. The van der Waals surface area contributed by atoms with Gasteiger partial charge in [-0.2, -0.15) is 0 Å². The Morgan fingerprint density at radius 2 is 2.27 bits per heavy atom. The summed E-state index contributed by atoms with van der Waals surface area (Å²) in [5, 5.41) is 0. The molecule has 0 saturated heterocycles. The Morgan fingerprint density at radius 1 is 1.45 bits per heavy atom. The average molecular weight is 147 g/mol. The highest BCUT2D eigenvalue weighted by Gasteiger charge is 2.18. The van der Waals surface area contributed by atoms with E-state index in [2.05, 4.69) is 6.58 Å². The summed E-state index contributed by atoms with van der Waals surface area (Å²) in [4.78, 5) is 1.93. The largest absolute Gasteiger partial charge is 0.446 e. The molecule has 0 aromatic heterocycles. The van der Waals surface area contributed by atoms with Crippen LogP contribution in [-0.4, -0.2) is 4.90 Å². The van der Waals surface area contributed by atoms with Crippen LogP contribution in [0.1, 0.15) is 6.92 Å². The Bertz CT molecular complexity index is 297. The number of nitrogens with zero attached hydrogens (tertiary/aromatic N) is 1. The van der Waals surface area contributed by atoms with Crippen molar-refractivity contribution in [3.63, 3.8) is 0 Å². The van der Waals surface area contributed by atoms with Gasteiger partial charge in [-0.05, 0) is 18.6 Å². The van der Waals surface area contributed by atoms with Crippen LogP contribution in [0.25, 0.3) is 0 Å². The SMILES string of the molecule is C=C1C=CN2C=COC2=C1C. The third-order valence-corrected chi connectivity index (χ3v) is 1.87. The van der Waals surface area contributed by atoms with Crippen LogP contribution in [0, 0.1) is 0 Å². The first-order valence-corrected chi connectivity index (χ1v) is 3.49. The Labute approximate surface area is 65.8 Å². The van der Waals surface area contributed by atoms with Crippen molar-refractivity contribution >= 4 is 0 Å². The molecule has 2 aliphatic rings. The fourth-order valence-electron chi connectivity index (χ4n) is 1.12. The lowest BCUT2D eigenvalue weighted by molar-refractivity contribution is 0.299. The van der Waals surface area contributed by atoms with Gasteiger partial charge in [-0.25, -0.2) is 0 Å². The molecular formula is C9H9NO. The number of rotatable bonds is 0. The van der Waals surface area contributed by atoms with Gasteiger partial charge in [0, 0.05) is 18.0 Å². The number of hydrogen-bond acceptors (Lipinski definition) is 2. The first kappa shape index (κ1) is 6.28. The molecule has 0 unspecified atom stereocenters. The van der Waals surface area contributed by atoms with Crippen molar-refractivity contribution in [3.8, 4) is 0 Å². The van der Waals surface area contributed by atoms with E-state index in [1.165, 1.54) is 0 Å². The zero-order valence-electron chi connectivity index (χ0n) is 6.37. The Hall–Kier alpha value is -1.44. The van der Waals surface area contributed by atoms with E-state index in [0.29, 0.717) is 0 Å². The quantitative estimate of drug-likeness (QED) is 0.520. The summed E-state index contributed by atoms with van der Waals surface area (Å²) in [5.41, 5.74) is 2.11. The second-order valence-electron chi connectivity index (χ2n) is 2.58. The average Bonchev–Trinajstić information content (AvgIpc) is 2.45. The number of fused-ring (bicyclic) bond motifs is 1. The molecule has 0 aliphatic carbocycles. The molecule has 11 heavy (non-hydrogen) atoms. The molecule has 2 nitrogen and oxygen atoms in total. The Kier molecular flexibility index (Phi) is 1.15. The highest BCUT2D eigenvalue weighted by Crippen LogP contribution is 2.27. The zero-order chi connectivity index (χ0) is 7.84. The molecule has 0 fully saturated rings. The maximum absolute atomic E-state index is 5.25. The summed E-state index contributed by atoms with van der Waals surface area (Å²) < 4.78 is 5.25. The summed E-state index contributed by atoms with van der Waals surface area (Å²) in [6.07, 6.45) is 7.45.